The summed E-state index contributed by atoms with van der Waals surface area (Å²) in [6.07, 6.45) is -3.80. The van der Waals surface area contributed by atoms with Crippen molar-refractivity contribution in [3.63, 3.8) is 0 Å². The van der Waals surface area contributed by atoms with Crippen molar-refractivity contribution in [1.29, 1.82) is 0 Å². The van der Waals surface area contributed by atoms with E-state index in [1.54, 1.807) is 0 Å². The van der Waals surface area contributed by atoms with Crippen molar-refractivity contribution in [3.8, 4) is 0 Å². The van der Waals surface area contributed by atoms with Crippen LogP contribution in [0.1, 0.15) is 25.7 Å². The largest absolute Gasteiger partial charge is 0.389 e. The van der Waals surface area contributed by atoms with E-state index < -0.39 is 18.2 Å². The van der Waals surface area contributed by atoms with Gasteiger partial charge in [0.15, 0.2) is 0 Å². The van der Waals surface area contributed by atoms with Crippen molar-refractivity contribution < 1.29 is 18.3 Å². The smallest absolute Gasteiger partial charge is 0.389 e. The summed E-state index contributed by atoms with van der Waals surface area (Å²) in [7, 11) is 0. The van der Waals surface area contributed by atoms with Gasteiger partial charge in [-0.1, -0.05) is 0 Å². The van der Waals surface area contributed by atoms with Crippen LogP contribution in [0.15, 0.2) is 0 Å². The Labute approximate surface area is 87.1 Å². The molecule has 0 saturated carbocycles. The van der Waals surface area contributed by atoms with Crippen molar-refractivity contribution in [3.05, 3.63) is 0 Å². The Kier molecular flexibility index (Phi) is 2.71. The average Bonchev–Trinajstić information content (AvgIpc) is 2.54. The van der Waals surface area contributed by atoms with E-state index in [0.717, 1.165) is 26.1 Å². The van der Waals surface area contributed by atoms with Gasteiger partial charge in [-0.2, -0.15) is 13.2 Å². The molecule has 2 saturated heterocycles. The molecule has 2 fully saturated rings. The first kappa shape index (κ1) is 11.2. The molecule has 2 aliphatic heterocycles. The number of alkyl halides is 3. The van der Waals surface area contributed by atoms with Crippen LogP contribution in [0.25, 0.3) is 0 Å². The number of hydrogen-bond acceptors (Lipinski definition) is 2. The molecule has 0 radical (unpaired) electrons. The monoisotopic (exact) mass is 223 g/mol. The van der Waals surface area contributed by atoms with Crippen LogP contribution >= 0.6 is 0 Å². The highest BCUT2D eigenvalue weighted by Crippen LogP contribution is 2.40. The van der Waals surface area contributed by atoms with Gasteiger partial charge < -0.3 is 10.0 Å². The van der Waals surface area contributed by atoms with E-state index in [-0.39, 0.29) is 12.3 Å². The van der Waals surface area contributed by atoms with Crippen molar-refractivity contribution >= 4 is 0 Å². The van der Waals surface area contributed by atoms with Crippen LogP contribution in [0.3, 0.4) is 0 Å². The molecule has 0 aromatic carbocycles. The molecule has 0 aromatic heterocycles. The van der Waals surface area contributed by atoms with Gasteiger partial charge >= 0.3 is 6.18 Å². The van der Waals surface area contributed by atoms with Gasteiger partial charge in [-0.3, -0.25) is 0 Å². The predicted octanol–water partition coefficient (Wildman–Crippen LogP) is 1.79. The lowest BCUT2D eigenvalue weighted by Gasteiger charge is -2.39. The Morgan fingerprint density at radius 3 is 2.73 bits per heavy atom. The highest BCUT2D eigenvalue weighted by Gasteiger charge is 2.46. The van der Waals surface area contributed by atoms with Crippen LogP contribution in [-0.4, -0.2) is 41.4 Å². The summed E-state index contributed by atoms with van der Waals surface area (Å²) in [5.41, 5.74) is -1.07. The van der Waals surface area contributed by atoms with Crippen LogP contribution < -0.4 is 0 Å². The topological polar surface area (TPSA) is 23.5 Å². The van der Waals surface area contributed by atoms with Gasteiger partial charge in [-0.25, -0.2) is 0 Å². The maximum Gasteiger partial charge on any atom is 0.389 e. The van der Waals surface area contributed by atoms with Gasteiger partial charge in [0.05, 0.1) is 5.60 Å². The van der Waals surface area contributed by atoms with Crippen molar-refractivity contribution in [1.82, 2.24) is 4.90 Å². The number of fused-ring (bicyclic) bond motifs is 2. The fraction of sp³-hybridized carbons (Fsp3) is 1.00. The van der Waals surface area contributed by atoms with Crippen LogP contribution in [0.4, 0.5) is 13.2 Å². The number of rotatable bonds is 2. The van der Waals surface area contributed by atoms with Crippen molar-refractivity contribution in [2.24, 2.45) is 5.92 Å². The average molecular weight is 223 g/mol. The minimum atomic E-state index is -4.15. The molecular formula is C10H16F3NO. The van der Waals surface area contributed by atoms with E-state index in [0.29, 0.717) is 6.42 Å². The van der Waals surface area contributed by atoms with Gasteiger partial charge in [-0.05, 0) is 25.8 Å². The molecule has 3 atom stereocenters. The Morgan fingerprint density at radius 2 is 2.07 bits per heavy atom. The third-order valence-electron chi connectivity index (χ3n) is 3.73. The number of piperidine rings is 1. The van der Waals surface area contributed by atoms with Crippen LogP contribution in [0.2, 0.25) is 0 Å². The van der Waals surface area contributed by atoms with Gasteiger partial charge in [0.2, 0.25) is 0 Å². The third kappa shape index (κ3) is 2.45. The molecule has 1 N–H and O–H groups in total. The first-order chi connectivity index (χ1) is 6.89. The Hall–Kier alpha value is -0.290. The summed E-state index contributed by atoms with van der Waals surface area (Å²) < 4.78 is 36.3. The summed E-state index contributed by atoms with van der Waals surface area (Å²) in [6, 6.07) is 0. The maximum absolute atomic E-state index is 12.1. The molecule has 2 nitrogen and oxygen atoms in total. The zero-order chi connectivity index (χ0) is 11.1. The molecule has 5 heteroatoms. The summed E-state index contributed by atoms with van der Waals surface area (Å²) in [6.45, 7) is 2.44. The Balaban J connectivity index is 1.94. The molecule has 0 spiro atoms. The van der Waals surface area contributed by atoms with Gasteiger partial charge in [0.25, 0.3) is 0 Å². The fourth-order valence-corrected chi connectivity index (χ4v) is 2.72. The minimum Gasteiger partial charge on any atom is -0.389 e. The van der Waals surface area contributed by atoms with Crippen LogP contribution in [0, 0.1) is 5.92 Å². The maximum atomic E-state index is 12.1. The second-order valence-electron chi connectivity index (χ2n) is 4.75. The van der Waals surface area contributed by atoms with Crippen LogP contribution in [0.5, 0.6) is 0 Å². The van der Waals surface area contributed by atoms with E-state index in [9.17, 15) is 18.3 Å². The molecule has 2 bridgehead atoms. The number of aliphatic hydroxyl groups is 1. The Bertz CT molecular complexity index is 243. The fourth-order valence-electron chi connectivity index (χ4n) is 2.72. The molecule has 3 unspecified atom stereocenters. The lowest BCUT2D eigenvalue weighted by atomic mass is 9.79. The van der Waals surface area contributed by atoms with Crippen molar-refractivity contribution in [2.45, 2.75) is 37.5 Å². The van der Waals surface area contributed by atoms with E-state index in [2.05, 4.69) is 4.90 Å². The SMILES string of the molecule is OC1(CCC(F)(F)F)CCN2CCC1C2. The molecular weight excluding hydrogens is 207 g/mol. The lowest BCUT2D eigenvalue weighted by molar-refractivity contribution is -0.154. The summed E-state index contributed by atoms with van der Waals surface area (Å²) in [5.74, 6) is 0.0496. The van der Waals surface area contributed by atoms with Gasteiger partial charge in [-0.15, -0.1) is 0 Å². The third-order valence-corrected chi connectivity index (χ3v) is 3.73. The van der Waals surface area contributed by atoms with E-state index in [1.807, 2.05) is 0 Å². The van der Waals surface area contributed by atoms with E-state index in [4.69, 9.17) is 0 Å². The normalized spacial score (nSPS) is 40.8. The lowest BCUT2D eigenvalue weighted by Crippen LogP contribution is -2.46. The minimum absolute atomic E-state index is 0.0496. The van der Waals surface area contributed by atoms with E-state index >= 15 is 0 Å². The second-order valence-corrected chi connectivity index (χ2v) is 4.75. The van der Waals surface area contributed by atoms with Crippen LogP contribution in [-0.2, 0) is 0 Å². The molecule has 2 aliphatic rings. The molecule has 0 aliphatic carbocycles. The molecule has 2 rings (SSSR count). The zero-order valence-corrected chi connectivity index (χ0v) is 8.56. The first-order valence-corrected chi connectivity index (χ1v) is 5.41. The predicted molar refractivity (Wildman–Crippen MR) is 49.4 cm³/mol. The van der Waals surface area contributed by atoms with Gasteiger partial charge in [0.1, 0.15) is 0 Å². The highest BCUT2D eigenvalue weighted by molar-refractivity contribution is 4.97. The number of nitrogens with zero attached hydrogens (tertiary/aromatic N) is 1. The number of halogens is 3. The van der Waals surface area contributed by atoms with Crippen molar-refractivity contribution in [2.75, 3.05) is 19.6 Å². The number of hydrogen-bond donors (Lipinski definition) is 1. The van der Waals surface area contributed by atoms with E-state index in [1.165, 1.54) is 0 Å². The van der Waals surface area contributed by atoms with Gasteiger partial charge in [0, 0.05) is 25.4 Å². The molecule has 2 heterocycles. The summed E-state index contributed by atoms with van der Waals surface area (Å²) in [5, 5.41) is 10.2. The Morgan fingerprint density at radius 1 is 1.33 bits per heavy atom. The second kappa shape index (κ2) is 3.63. The highest BCUT2D eigenvalue weighted by atomic mass is 19.4. The molecule has 15 heavy (non-hydrogen) atoms. The molecule has 0 aromatic rings. The standard InChI is InChI=1S/C10H16F3NO/c11-10(12,13)3-2-9(15)4-6-14-5-1-8(9)7-14/h8,15H,1-7H2. The first-order valence-electron chi connectivity index (χ1n) is 5.41. The quantitative estimate of drug-likeness (QED) is 0.771. The zero-order valence-electron chi connectivity index (χ0n) is 8.56. The molecule has 88 valence electrons. The summed E-state index contributed by atoms with van der Waals surface area (Å²) in [4.78, 5) is 2.22. The summed E-state index contributed by atoms with van der Waals surface area (Å²) >= 11 is 0. The molecule has 0 amide bonds.